The fraction of sp³-hybridized carbons (Fsp3) is 0.357. The number of nitrogens with zero attached hydrogens (tertiary/aromatic N) is 2. The van der Waals surface area contributed by atoms with E-state index in [1.165, 1.54) is 0 Å². The standard InChI is InChI=1S/C14H15N3O/c18-12-7-5-11(6-8-12)16-14-15-9-10-3-1-2-4-13(10)17-14/h1-4,9,11H,5-8H2,(H,15,16,17). The summed E-state index contributed by atoms with van der Waals surface area (Å²) in [5.74, 6) is 1.03. The number of aromatic nitrogens is 2. The molecule has 1 aromatic heterocycles. The molecule has 1 N–H and O–H groups in total. The van der Waals surface area contributed by atoms with Crippen LogP contribution >= 0.6 is 0 Å². The number of para-hydroxylation sites is 1. The SMILES string of the molecule is O=C1CCC(Nc2ncc3ccccc3n2)CC1. The van der Waals surface area contributed by atoms with Gasteiger partial charge >= 0.3 is 0 Å². The smallest absolute Gasteiger partial charge is 0.223 e. The molecule has 0 atom stereocenters. The van der Waals surface area contributed by atoms with Crippen molar-refractivity contribution < 1.29 is 4.79 Å². The summed E-state index contributed by atoms with van der Waals surface area (Å²) in [7, 11) is 0. The molecule has 92 valence electrons. The fourth-order valence-corrected chi connectivity index (χ4v) is 2.31. The van der Waals surface area contributed by atoms with Crippen molar-refractivity contribution in [3.8, 4) is 0 Å². The lowest BCUT2D eigenvalue weighted by atomic mass is 9.94. The summed E-state index contributed by atoms with van der Waals surface area (Å²) in [4.78, 5) is 20.0. The monoisotopic (exact) mass is 241 g/mol. The maximum atomic E-state index is 11.2. The lowest BCUT2D eigenvalue weighted by Gasteiger charge is -2.22. The van der Waals surface area contributed by atoms with E-state index < -0.39 is 0 Å². The number of nitrogens with one attached hydrogen (secondary N) is 1. The Morgan fingerprint density at radius 1 is 1.17 bits per heavy atom. The third-order valence-corrected chi connectivity index (χ3v) is 3.37. The minimum atomic E-state index is 0.323. The van der Waals surface area contributed by atoms with Crippen LogP contribution in [0.2, 0.25) is 0 Å². The molecule has 1 aliphatic carbocycles. The first-order chi connectivity index (χ1) is 8.81. The van der Waals surface area contributed by atoms with Crippen LogP contribution in [0.4, 0.5) is 5.95 Å². The van der Waals surface area contributed by atoms with E-state index in [1.807, 2.05) is 30.5 Å². The maximum absolute atomic E-state index is 11.2. The second-order valence-electron chi connectivity index (χ2n) is 4.71. The number of rotatable bonds is 2. The van der Waals surface area contributed by atoms with Crippen molar-refractivity contribution in [2.45, 2.75) is 31.7 Å². The summed E-state index contributed by atoms with van der Waals surface area (Å²) in [5.41, 5.74) is 0.946. The number of benzene rings is 1. The van der Waals surface area contributed by atoms with E-state index in [0.29, 0.717) is 30.6 Å². The van der Waals surface area contributed by atoms with E-state index in [0.717, 1.165) is 23.7 Å². The Labute approximate surface area is 105 Å². The second kappa shape index (κ2) is 4.72. The molecule has 0 bridgehead atoms. The number of carbonyl (C=O) groups is 1. The molecule has 0 unspecified atom stereocenters. The number of ketones is 1. The number of anilines is 1. The molecule has 1 aliphatic rings. The van der Waals surface area contributed by atoms with Crippen LogP contribution in [-0.4, -0.2) is 21.8 Å². The Morgan fingerprint density at radius 2 is 1.94 bits per heavy atom. The van der Waals surface area contributed by atoms with Crippen molar-refractivity contribution in [2.75, 3.05) is 5.32 Å². The largest absolute Gasteiger partial charge is 0.351 e. The molecular formula is C14H15N3O. The van der Waals surface area contributed by atoms with Crippen molar-refractivity contribution in [3.05, 3.63) is 30.5 Å². The van der Waals surface area contributed by atoms with Gasteiger partial charge in [0.15, 0.2) is 0 Å². The predicted octanol–water partition coefficient (Wildman–Crippen LogP) is 2.55. The van der Waals surface area contributed by atoms with Crippen molar-refractivity contribution in [1.82, 2.24) is 9.97 Å². The first-order valence-corrected chi connectivity index (χ1v) is 6.31. The van der Waals surface area contributed by atoms with Crippen LogP contribution < -0.4 is 5.32 Å². The number of hydrogen-bond acceptors (Lipinski definition) is 4. The lowest BCUT2D eigenvalue weighted by molar-refractivity contribution is -0.120. The lowest BCUT2D eigenvalue weighted by Crippen LogP contribution is -2.26. The fourth-order valence-electron chi connectivity index (χ4n) is 2.31. The summed E-state index contributed by atoms with van der Waals surface area (Å²) < 4.78 is 0. The van der Waals surface area contributed by atoms with Gasteiger partial charge in [0.25, 0.3) is 0 Å². The minimum Gasteiger partial charge on any atom is -0.351 e. The molecule has 0 amide bonds. The van der Waals surface area contributed by atoms with Crippen LogP contribution in [0.25, 0.3) is 10.9 Å². The zero-order valence-corrected chi connectivity index (χ0v) is 10.1. The molecule has 1 saturated carbocycles. The van der Waals surface area contributed by atoms with E-state index in [1.54, 1.807) is 0 Å². The molecule has 0 spiro atoms. The van der Waals surface area contributed by atoms with E-state index >= 15 is 0 Å². The van der Waals surface area contributed by atoms with Gasteiger partial charge in [-0.25, -0.2) is 9.97 Å². The Kier molecular flexibility index (Phi) is 2.92. The molecule has 1 aromatic carbocycles. The molecule has 4 heteroatoms. The number of Topliss-reactive ketones (excluding diaryl/α,β-unsaturated/α-hetero) is 1. The molecule has 4 nitrogen and oxygen atoms in total. The summed E-state index contributed by atoms with van der Waals surface area (Å²) in [6.07, 6.45) is 4.94. The van der Waals surface area contributed by atoms with Crippen LogP contribution in [0.5, 0.6) is 0 Å². The first-order valence-electron chi connectivity index (χ1n) is 6.31. The van der Waals surface area contributed by atoms with Crippen molar-refractivity contribution >= 4 is 22.6 Å². The van der Waals surface area contributed by atoms with Crippen LogP contribution in [0.1, 0.15) is 25.7 Å². The first kappa shape index (κ1) is 11.1. The summed E-state index contributed by atoms with van der Waals surface area (Å²) in [6.45, 7) is 0. The molecule has 2 aromatic rings. The van der Waals surface area contributed by atoms with Gasteiger partial charge in [0.2, 0.25) is 5.95 Å². The highest BCUT2D eigenvalue weighted by molar-refractivity contribution is 5.80. The van der Waals surface area contributed by atoms with Gasteiger partial charge in [-0.2, -0.15) is 0 Å². The third kappa shape index (κ3) is 2.32. The Hall–Kier alpha value is -1.97. The average Bonchev–Trinajstić information content (AvgIpc) is 2.41. The molecule has 3 rings (SSSR count). The van der Waals surface area contributed by atoms with E-state index in [4.69, 9.17) is 0 Å². The molecule has 0 radical (unpaired) electrons. The highest BCUT2D eigenvalue weighted by Crippen LogP contribution is 2.19. The minimum absolute atomic E-state index is 0.323. The molecule has 0 saturated heterocycles. The van der Waals surface area contributed by atoms with E-state index in [2.05, 4.69) is 15.3 Å². The predicted molar refractivity (Wildman–Crippen MR) is 70.4 cm³/mol. The van der Waals surface area contributed by atoms with Gasteiger partial charge in [-0.3, -0.25) is 4.79 Å². The summed E-state index contributed by atoms with van der Waals surface area (Å²) >= 11 is 0. The van der Waals surface area contributed by atoms with Gasteiger partial charge in [-0.15, -0.1) is 0 Å². The molecule has 0 aliphatic heterocycles. The number of hydrogen-bond donors (Lipinski definition) is 1. The maximum Gasteiger partial charge on any atom is 0.223 e. The molecule has 18 heavy (non-hydrogen) atoms. The zero-order valence-electron chi connectivity index (χ0n) is 10.1. The highest BCUT2D eigenvalue weighted by atomic mass is 16.1. The van der Waals surface area contributed by atoms with Crippen LogP contribution in [0.15, 0.2) is 30.5 Å². The quantitative estimate of drug-likeness (QED) is 0.877. The van der Waals surface area contributed by atoms with Gasteiger partial charge < -0.3 is 5.32 Å². The van der Waals surface area contributed by atoms with Crippen LogP contribution in [0.3, 0.4) is 0 Å². The average molecular weight is 241 g/mol. The van der Waals surface area contributed by atoms with Gasteiger partial charge in [0, 0.05) is 30.5 Å². The molecular weight excluding hydrogens is 226 g/mol. The summed E-state index contributed by atoms with van der Waals surface area (Å²) in [6, 6.07) is 8.25. The van der Waals surface area contributed by atoms with Crippen LogP contribution in [-0.2, 0) is 4.79 Å². The van der Waals surface area contributed by atoms with Crippen molar-refractivity contribution in [1.29, 1.82) is 0 Å². The van der Waals surface area contributed by atoms with Crippen molar-refractivity contribution in [2.24, 2.45) is 0 Å². The van der Waals surface area contributed by atoms with E-state index in [9.17, 15) is 4.79 Å². The highest BCUT2D eigenvalue weighted by Gasteiger charge is 2.19. The zero-order chi connectivity index (χ0) is 12.4. The molecule has 1 fully saturated rings. The Bertz CT molecular complexity index is 572. The second-order valence-corrected chi connectivity index (χ2v) is 4.71. The number of carbonyl (C=O) groups excluding carboxylic acids is 1. The molecule has 1 heterocycles. The van der Waals surface area contributed by atoms with Crippen molar-refractivity contribution in [3.63, 3.8) is 0 Å². The van der Waals surface area contributed by atoms with Gasteiger partial charge in [0.05, 0.1) is 5.52 Å². The van der Waals surface area contributed by atoms with E-state index in [-0.39, 0.29) is 0 Å². The normalized spacial score (nSPS) is 17.0. The number of fused-ring (bicyclic) bond motifs is 1. The Morgan fingerprint density at radius 3 is 2.78 bits per heavy atom. The van der Waals surface area contributed by atoms with Gasteiger partial charge in [-0.05, 0) is 18.9 Å². The van der Waals surface area contributed by atoms with Gasteiger partial charge in [-0.1, -0.05) is 18.2 Å². The third-order valence-electron chi connectivity index (χ3n) is 3.37. The Balaban J connectivity index is 1.76. The van der Waals surface area contributed by atoms with Crippen LogP contribution in [0, 0.1) is 0 Å². The topological polar surface area (TPSA) is 54.9 Å². The summed E-state index contributed by atoms with van der Waals surface area (Å²) in [5, 5.41) is 4.36. The van der Waals surface area contributed by atoms with Gasteiger partial charge in [0.1, 0.15) is 5.78 Å².